The molecule has 3 aromatic rings. The van der Waals surface area contributed by atoms with Crippen molar-refractivity contribution < 1.29 is 31.1 Å². The van der Waals surface area contributed by atoms with Crippen molar-refractivity contribution in [1.82, 2.24) is 5.32 Å². The van der Waals surface area contributed by atoms with Crippen molar-refractivity contribution in [3.63, 3.8) is 0 Å². The minimum absolute atomic E-state index is 0.166. The number of hydrogen-bond acceptors (Lipinski definition) is 4. The number of amides is 1. The number of carbonyl (C=O) groups excluding carboxylic acids is 1. The van der Waals surface area contributed by atoms with Gasteiger partial charge in [0.05, 0.1) is 15.2 Å². The first-order valence-corrected chi connectivity index (χ1v) is 12.3. The van der Waals surface area contributed by atoms with Gasteiger partial charge in [-0.15, -0.1) is 0 Å². The first kappa shape index (κ1) is 26.6. The van der Waals surface area contributed by atoms with Crippen molar-refractivity contribution >= 4 is 27.3 Å². The van der Waals surface area contributed by atoms with Gasteiger partial charge in [0, 0.05) is 17.1 Å². The van der Waals surface area contributed by atoms with Crippen LogP contribution in [0, 0.1) is 6.92 Å². The molecule has 3 aromatic carbocycles. The molecule has 0 saturated carbocycles. The molecule has 35 heavy (non-hydrogen) atoms. The number of ether oxygens (including phenoxy) is 1. The number of nitrogens with one attached hydrogen (secondary N) is 1. The average Bonchev–Trinajstić information content (AvgIpc) is 2.78. The molecule has 0 aliphatic rings. The van der Waals surface area contributed by atoms with Gasteiger partial charge in [-0.25, -0.2) is 8.42 Å². The van der Waals surface area contributed by atoms with Crippen LogP contribution in [0.5, 0.6) is 11.5 Å². The molecule has 1 amide bonds. The number of halogens is 4. The van der Waals surface area contributed by atoms with Gasteiger partial charge in [0.1, 0.15) is 11.5 Å². The Balaban J connectivity index is 1.70. The predicted molar refractivity (Wildman–Crippen MR) is 128 cm³/mol. The van der Waals surface area contributed by atoms with E-state index in [1.54, 1.807) is 36.4 Å². The van der Waals surface area contributed by atoms with Crippen molar-refractivity contribution in [1.29, 1.82) is 0 Å². The fourth-order valence-electron chi connectivity index (χ4n) is 3.19. The van der Waals surface area contributed by atoms with E-state index < -0.39 is 37.1 Å². The van der Waals surface area contributed by atoms with Crippen LogP contribution in [-0.2, 0) is 16.0 Å². The van der Waals surface area contributed by atoms with Crippen LogP contribution in [0.3, 0.4) is 0 Å². The maximum atomic E-state index is 13.2. The highest BCUT2D eigenvalue weighted by molar-refractivity contribution is 7.92. The van der Waals surface area contributed by atoms with Gasteiger partial charge in [-0.3, -0.25) is 4.79 Å². The number of benzene rings is 3. The van der Waals surface area contributed by atoms with E-state index in [0.29, 0.717) is 22.6 Å². The summed E-state index contributed by atoms with van der Waals surface area (Å²) < 4.78 is 69.9. The minimum atomic E-state index is -4.68. The third-order valence-electron chi connectivity index (χ3n) is 5.26. The summed E-state index contributed by atoms with van der Waals surface area (Å²) in [5.41, 5.74) is -0.618. The smallest absolute Gasteiger partial charge is 0.416 e. The normalized spacial score (nSPS) is 12.3. The molecule has 0 heterocycles. The lowest BCUT2D eigenvalue weighted by molar-refractivity contribution is -0.137. The van der Waals surface area contributed by atoms with Crippen LogP contribution < -0.4 is 10.1 Å². The maximum Gasteiger partial charge on any atom is 0.416 e. The molecule has 0 aromatic heterocycles. The quantitative estimate of drug-likeness (QED) is 0.385. The van der Waals surface area contributed by atoms with Gasteiger partial charge < -0.3 is 10.1 Å². The lowest BCUT2D eigenvalue weighted by Crippen LogP contribution is -2.44. The van der Waals surface area contributed by atoms with Gasteiger partial charge >= 0.3 is 6.18 Å². The zero-order valence-corrected chi connectivity index (χ0v) is 20.7. The summed E-state index contributed by atoms with van der Waals surface area (Å²) in [5, 5.41) is 3.12. The first-order valence-electron chi connectivity index (χ1n) is 10.4. The molecule has 0 radical (unpaired) electrons. The lowest BCUT2D eigenvalue weighted by atomic mass is 10.1. The maximum absolute atomic E-state index is 13.2. The van der Waals surface area contributed by atoms with Crippen molar-refractivity contribution in [3.05, 3.63) is 88.4 Å². The number of aryl methyl sites for hydroxylation is 1. The molecule has 1 N–H and O–H groups in total. The molecule has 0 aliphatic heterocycles. The summed E-state index contributed by atoms with van der Waals surface area (Å²) in [6.45, 7) is 3.78. The van der Waals surface area contributed by atoms with Gasteiger partial charge in [0.15, 0.2) is 9.84 Å². The molecule has 0 atom stereocenters. The van der Waals surface area contributed by atoms with Crippen molar-refractivity contribution in [2.24, 2.45) is 0 Å². The summed E-state index contributed by atoms with van der Waals surface area (Å²) in [6, 6.07) is 15.6. The van der Waals surface area contributed by atoms with E-state index in [4.69, 9.17) is 16.3 Å². The fraction of sp³-hybridized carbons (Fsp3) is 0.240. The van der Waals surface area contributed by atoms with Crippen LogP contribution in [0.4, 0.5) is 13.2 Å². The van der Waals surface area contributed by atoms with Gasteiger partial charge in [-0.05, 0) is 93.1 Å². The minimum Gasteiger partial charge on any atom is -0.457 e. The van der Waals surface area contributed by atoms with E-state index in [2.05, 4.69) is 5.32 Å². The molecule has 0 bridgehead atoms. The number of sulfone groups is 1. The summed E-state index contributed by atoms with van der Waals surface area (Å²) in [5.74, 6) is 0.502. The van der Waals surface area contributed by atoms with Crippen LogP contribution in [0.25, 0.3) is 0 Å². The second-order valence-electron chi connectivity index (χ2n) is 8.56. The van der Waals surface area contributed by atoms with Crippen molar-refractivity contribution in [2.75, 3.05) is 6.54 Å². The molecule has 0 saturated heterocycles. The van der Waals surface area contributed by atoms with E-state index in [0.717, 1.165) is 6.07 Å². The van der Waals surface area contributed by atoms with Gasteiger partial charge in [-0.2, -0.15) is 13.2 Å². The summed E-state index contributed by atoms with van der Waals surface area (Å²) in [7, 11) is -4.21. The number of alkyl halides is 3. The molecular weight excluding hydrogens is 503 g/mol. The zero-order chi connectivity index (χ0) is 26.0. The Hall–Kier alpha value is -3.04. The van der Waals surface area contributed by atoms with Crippen molar-refractivity contribution in [2.45, 2.75) is 36.6 Å². The third-order valence-corrected chi connectivity index (χ3v) is 7.96. The molecule has 0 spiro atoms. The third kappa shape index (κ3) is 6.35. The zero-order valence-electron chi connectivity index (χ0n) is 19.1. The van der Waals surface area contributed by atoms with Gasteiger partial charge in [-0.1, -0.05) is 11.6 Å². The highest BCUT2D eigenvalue weighted by Gasteiger charge is 2.38. The number of carbonyl (C=O) groups is 1. The van der Waals surface area contributed by atoms with E-state index >= 15 is 0 Å². The molecule has 0 unspecified atom stereocenters. The van der Waals surface area contributed by atoms with Crippen LogP contribution in [0.1, 0.15) is 35.3 Å². The largest absolute Gasteiger partial charge is 0.457 e. The van der Waals surface area contributed by atoms with E-state index in [1.807, 2.05) is 0 Å². The Morgan fingerprint density at radius 2 is 1.49 bits per heavy atom. The Kier molecular flexibility index (Phi) is 7.52. The van der Waals surface area contributed by atoms with E-state index in [-0.39, 0.29) is 17.7 Å². The molecule has 3 rings (SSSR count). The van der Waals surface area contributed by atoms with Crippen LogP contribution in [-0.4, -0.2) is 25.6 Å². The summed E-state index contributed by atoms with van der Waals surface area (Å²) in [4.78, 5) is 12.1. The summed E-state index contributed by atoms with van der Waals surface area (Å²) >= 11 is 5.84. The van der Waals surface area contributed by atoms with Crippen molar-refractivity contribution in [3.8, 4) is 11.5 Å². The van der Waals surface area contributed by atoms with Gasteiger partial charge in [0.25, 0.3) is 5.91 Å². The SMILES string of the molecule is Cc1cc(C(F)(F)F)cc(S(=O)(=O)C(C)(C)CNC(=O)c2ccc(Oc3ccc(Cl)cc3)cc2)c1. The Bertz CT molecular complexity index is 1320. The number of hydrogen-bond donors (Lipinski definition) is 1. The molecule has 0 fully saturated rings. The Labute approximate surface area is 206 Å². The van der Waals surface area contributed by atoms with Crippen LogP contribution >= 0.6 is 11.6 Å². The highest BCUT2D eigenvalue weighted by Crippen LogP contribution is 2.34. The molecule has 0 aliphatic carbocycles. The number of rotatable bonds is 7. The van der Waals surface area contributed by atoms with Crippen LogP contribution in [0.2, 0.25) is 5.02 Å². The Morgan fingerprint density at radius 3 is 2.03 bits per heavy atom. The lowest BCUT2D eigenvalue weighted by Gasteiger charge is -2.26. The monoisotopic (exact) mass is 525 g/mol. The van der Waals surface area contributed by atoms with E-state index in [9.17, 15) is 26.4 Å². The standard InChI is InChI=1S/C25H23ClF3NO4S/c1-16-12-18(25(27,28)29)14-22(13-16)35(32,33)24(2,3)15-30-23(31)17-4-8-20(9-5-17)34-21-10-6-19(26)7-11-21/h4-14H,15H2,1-3H3,(H,30,31). The highest BCUT2D eigenvalue weighted by atomic mass is 35.5. The Morgan fingerprint density at radius 1 is 0.943 bits per heavy atom. The topological polar surface area (TPSA) is 72.5 Å². The second-order valence-corrected chi connectivity index (χ2v) is 11.6. The summed E-state index contributed by atoms with van der Waals surface area (Å²) in [6.07, 6.45) is -4.68. The molecule has 186 valence electrons. The van der Waals surface area contributed by atoms with Crippen LogP contribution in [0.15, 0.2) is 71.6 Å². The molecule has 10 heteroatoms. The van der Waals surface area contributed by atoms with E-state index in [1.165, 1.54) is 39.0 Å². The predicted octanol–water partition coefficient (Wildman–Crippen LogP) is 6.44. The first-order chi connectivity index (χ1) is 16.2. The van der Waals surface area contributed by atoms with Gasteiger partial charge in [0.2, 0.25) is 0 Å². The second kappa shape index (κ2) is 9.91. The molecule has 5 nitrogen and oxygen atoms in total. The fourth-order valence-corrected chi connectivity index (χ4v) is 4.84. The molecular formula is C25H23ClF3NO4S. The average molecular weight is 526 g/mol.